The standard InChI is InChI=1S/C25H32N8O2/c1-3-35-15-14-32-23(29-21-16-26-18-27-24(21)32)17-31-12-10-30(11-13-31)9-7-20-19(2)28-22-6-4-5-8-33(22)25(20)34/h4-6,8,16,18H,3,7,9-15,17H2,1-2H3. The second-order valence-corrected chi connectivity index (χ2v) is 8.89. The number of pyridine rings is 1. The molecule has 0 atom stereocenters. The number of aromatic nitrogens is 6. The van der Waals surface area contributed by atoms with Gasteiger partial charge in [-0.15, -0.1) is 0 Å². The predicted octanol–water partition coefficient (Wildman–Crippen LogP) is 1.54. The Hall–Kier alpha value is -3.21. The molecule has 0 N–H and O–H groups in total. The van der Waals surface area contributed by atoms with Gasteiger partial charge < -0.3 is 14.2 Å². The van der Waals surface area contributed by atoms with E-state index in [-0.39, 0.29) is 5.56 Å². The van der Waals surface area contributed by atoms with E-state index >= 15 is 0 Å². The molecule has 1 fully saturated rings. The molecular formula is C25H32N8O2. The van der Waals surface area contributed by atoms with Gasteiger partial charge in [0.05, 0.1) is 19.3 Å². The average molecular weight is 477 g/mol. The molecule has 0 bridgehead atoms. The third-order valence-electron chi connectivity index (χ3n) is 6.69. The van der Waals surface area contributed by atoms with E-state index in [1.165, 1.54) is 0 Å². The zero-order valence-electron chi connectivity index (χ0n) is 20.4. The molecule has 5 heterocycles. The lowest BCUT2D eigenvalue weighted by Gasteiger charge is -2.34. The quantitative estimate of drug-likeness (QED) is 0.336. The Bertz CT molecular complexity index is 1360. The van der Waals surface area contributed by atoms with Gasteiger partial charge in [-0.2, -0.15) is 0 Å². The summed E-state index contributed by atoms with van der Waals surface area (Å²) in [6.07, 6.45) is 5.84. The summed E-state index contributed by atoms with van der Waals surface area (Å²) in [5, 5.41) is 0. The van der Waals surface area contributed by atoms with E-state index in [0.717, 1.165) is 74.1 Å². The van der Waals surface area contributed by atoms with E-state index in [1.807, 2.05) is 32.0 Å². The number of rotatable bonds is 9. The van der Waals surface area contributed by atoms with Crippen LogP contribution in [0, 0.1) is 6.92 Å². The van der Waals surface area contributed by atoms with E-state index < -0.39 is 0 Å². The number of aryl methyl sites for hydroxylation is 1. The van der Waals surface area contributed by atoms with Crippen molar-refractivity contribution in [1.29, 1.82) is 0 Å². The minimum absolute atomic E-state index is 0.0424. The summed E-state index contributed by atoms with van der Waals surface area (Å²) in [7, 11) is 0. The molecule has 0 radical (unpaired) electrons. The van der Waals surface area contributed by atoms with Gasteiger partial charge in [-0.3, -0.25) is 14.1 Å². The zero-order valence-corrected chi connectivity index (χ0v) is 20.4. The van der Waals surface area contributed by atoms with Crippen molar-refractivity contribution in [2.75, 3.05) is 45.9 Å². The highest BCUT2D eigenvalue weighted by Crippen LogP contribution is 2.16. The van der Waals surface area contributed by atoms with Gasteiger partial charge in [0.2, 0.25) is 0 Å². The number of nitrogens with zero attached hydrogens (tertiary/aromatic N) is 8. The Kier molecular flexibility index (Phi) is 7.12. The highest BCUT2D eigenvalue weighted by molar-refractivity contribution is 5.69. The molecule has 10 heteroatoms. The van der Waals surface area contributed by atoms with Crippen LogP contribution in [0.4, 0.5) is 0 Å². The molecule has 0 spiro atoms. The van der Waals surface area contributed by atoms with Gasteiger partial charge in [0, 0.05) is 63.3 Å². The average Bonchev–Trinajstić information content (AvgIpc) is 3.22. The lowest BCUT2D eigenvalue weighted by Crippen LogP contribution is -2.47. The maximum atomic E-state index is 12.9. The Morgan fingerprint density at radius 1 is 1.06 bits per heavy atom. The largest absolute Gasteiger partial charge is 0.380 e. The summed E-state index contributed by atoms with van der Waals surface area (Å²) in [6, 6.07) is 5.64. The summed E-state index contributed by atoms with van der Waals surface area (Å²) >= 11 is 0. The fraction of sp³-hybridized carbons (Fsp3) is 0.480. The minimum atomic E-state index is 0.0424. The van der Waals surface area contributed by atoms with Crippen molar-refractivity contribution < 1.29 is 4.74 Å². The molecule has 184 valence electrons. The van der Waals surface area contributed by atoms with Crippen molar-refractivity contribution in [2.45, 2.75) is 33.4 Å². The van der Waals surface area contributed by atoms with Crippen molar-refractivity contribution in [3.63, 3.8) is 0 Å². The van der Waals surface area contributed by atoms with E-state index in [0.29, 0.717) is 25.3 Å². The first kappa shape index (κ1) is 23.5. The Morgan fingerprint density at radius 2 is 1.89 bits per heavy atom. The monoisotopic (exact) mass is 476 g/mol. The van der Waals surface area contributed by atoms with Crippen LogP contribution >= 0.6 is 0 Å². The fourth-order valence-electron chi connectivity index (χ4n) is 4.75. The van der Waals surface area contributed by atoms with Crippen molar-refractivity contribution in [2.24, 2.45) is 0 Å². The SMILES string of the molecule is CCOCCn1c(CN2CCN(CCc3c(C)nc4ccccn4c3=O)CC2)nc2cncnc21. The summed E-state index contributed by atoms with van der Waals surface area (Å²) in [6.45, 7) is 11.4. The molecule has 10 nitrogen and oxygen atoms in total. The van der Waals surface area contributed by atoms with Crippen LogP contribution in [0.2, 0.25) is 0 Å². The number of hydrogen-bond donors (Lipinski definition) is 0. The summed E-state index contributed by atoms with van der Waals surface area (Å²) in [5.74, 6) is 1.000. The van der Waals surface area contributed by atoms with Crippen molar-refractivity contribution in [3.8, 4) is 0 Å². The van der Waals surface area contributed by atoms with Gasteiger partial charge in [0.15, 0.2) is 5.65 Å². The first-order chi connectivity index (χ1) is 17.1. The maximum absolute atomic E-state index is 12.9. The van der Waals surface area contributed by atoms with Gasteiger partial charge in [-0.25, -0.2) is 19.9 Å². The molecule has 5 rings (SSSR count). The van der Waals surface area contributed by atoms with Crippen LogP contribution in [0.5, 0.6) is 0 Å². The number of ether oxygens (including phenoxy) is 1. The lowest BCUT2D eigenvalue weighted by atomic mass is 10.1. The van der Waals surface area contributed by atoms with Crippen LogP contribution in [0.15, 0.2) is 41.7 Å². The number of imidazole rings is 1. The van der Waals surface area contributed by atoms with Crippen LogP contribution in [-0.4, -0.2) is 84.6 Å². The molecule has 0 amide bonds. The van der Waals surface area contributed by atoms with Gasteiger partial charge in [0.1, 0.15) is 23.3 Å². The Morgan fingerprint density at radius 3 is 2.71 bits per heavy atom. The zero-order chi connectivity index (χ0) is 24.2. The van der Waals surface area contributed by atoms with E-state index in [9.17, 15) is 4.79 Å². The molecule has 1 saturated heterocycles. The number of hydrogen-bond acceptors (Lipinski definition) is 8. The molecule has 35 heavy (non-hydrogen) atoms. The summed E-state index contributed by atoms with van der Waals surface area (Å²) < 4.78 is 9.37. The maximum Gasteiger partial charge on any atom is 0.261 e. The smallest absolute Gasteiger partial charge is 0.261 e. The molecule has 1 aliphatic rings. The normalized spacial score (nSPS) is 15.4. The molecular weight excluding hydrogens is 444 g/mol. The minimum Gasteiger partial charge on any atom is -0.380 e. The van der Waals surface area contributed by atoms with E-state index in [1.54, 1.807) is 23.1 Å². The number of piperazine rings is 1. The summed E-state index contributed by atoms with van der Waals surface area (Å²) in [4.78, 5) is 35.8. The molecule has 1 aliphatic heterocycles. The van der Waals surface area contributed by atoms with Crippen molar-refractivity contribution >= 4 is 16.8 Å². The third-order valence-corrected chi connectivity index (χ3v) is 6.69. The molecule has 0 aliphatic carbocycles. The second kappa shape index (κ2) is 10.6. The molecule has 0 saturated carbocycles. The topological polar surface area (TPSA) is 93.7 Å². The van der Waals surface area contributed by atoms with Gasteiger partial charge >= 0.3 is 0 Å². The third kappa shape index (κ3) is 5.09. The first-order valence-corrected chi connectivity index (χ1v) is 12.3. The van der Waals surface area contributed by atoms with Gasteiger partial charge in [-0.1, -0.05) is 6.07 Å². The highest BCUT2D eigenvalue weighted by atomic mass is 16.5. The number of fused-ring (bicyclic) bond motifs is 2. The molecule has 4 aromatic heterocycles. The Balaban J connectivity index is 1.20. The fourth-order valence-corrected chi connectivity index (χ4v) is 4.75. The van der Waals surface area contributed by atoms with Crippen LogP contribution in [0.1, 0.15) is 24.0 Å². The van der Waals surface area contributed by atoms with Crippen LogP contribution in [0.3, 0.4) is 0 Å². The second-order valence-electron chi connectivity index (χ2n) is 8.89. The van der Waals surface area contributed by atoms with Gasteiger partial charge in [-0.05, 0) is 32.4 Å². The molecule has 0 unspecified atom stereocenters. The summed E-state index contributed by atoms with van der Waals surface area (Å²) in [5.41, 5.74) is 4.06. The van der Waals surface area contributed by atoms with Crippen LogP contribution in [-0.2, 0) is 24.2 Å². The predicted molar refractivity (Wildman–Crippen MR) is 133 cm³/mol. The van der Waals surface area contributed by atoms with Crippen LogP contribution < -0.4 is 5.56 Å². The van der Waals surface area contributed by atoms with E-state index in [2.05, 4.69) is 29.3 Å². The highest BCUT2D eigenvalue weighted by Gasteiger charge is 2.21. The van der Waals surface area contributed by atoms with Gasteiger partial charge in [0.25, 0.3) is 5.56 Å². The van der Waals surface area contributed by atoms with Crippen molar-refractivity contribution in [1.82, 2.24) is 38.7 Å². The molecule has 0 aromatic carbocycles. The Labute approximate surface area is 204 Å². The van der Waals surface area contributed by atoms with E-state index in [4.69, 9.17) is 9.72 Å². The van der Waals surface area contributed by atoms with Crippen molar-refractivity contribution in [3.05, 3.63) is 64.4 Å². The first-order valence-electron chi connectivity index (χ1n) is 12.3. The van der Waals surface area contributed by atoms with Crippen LogP contribution in [0.25, 0.3) is 16.8 Å². The molecule has 4 aromatic rings. The lowest BCUT2D eigenvalue weighted by molar-refractivity contribution is 0.121.